The van der Waals surface area contributed by atoms with Crippen molar-refractivity contribution in [1.82, 2.24) is 0 Å². The summed E-state index contributed by atoms with van der Waals surface area (Å²) in [5.74, 6) is -0.115. The van der Waals surface area contributed by atoms with Gasteiger partial charge in [-0.1, -0.05) is 30.7 Å². The number of benzene rings is 1. The van der Waals surface area contributed by atoms with Crippen molar-refractivity contribution in [1.29, 1.82) is 0 Å². The van der Waals surface area contributed by atoms with E-state index in [1.165, 1.54) is 11.1 Å². The molecule has 1 aromatic rings. The Morgan fingerprint density at radius 2 is 2.06 bits per heavy atom. The maximum atomic E-state index is 11.4. The lowest BCUT2D eigenvalue weighted by molar-refractivity contribution is -0.148. The van der Waals surface area contributed by atoms with Crippen molar-refractivity contribution < 1.29 is 9.53 Å². The van der Waals surface area contributed by atoms with Crippen molar-refractivity contribution in [3.05, 3.63) is 34.9 Å². The highest BCUT2D eigenvalue weighted by molar-refractivity contribution is 5.69. The Bertz CT molecular complexity index is 369. The summed E-state index contributed by atoms with van der Waals surface area (Å²) in [6.45, 7) is 7.99. The zero-order chi connectivity index (χ0) is 12.1. The van der Waals surface area contributed by atoms with Gasteiger partial charge >= 0.3 is 5.97 Å². The lowest BCUT2D eigenvalue weighted by Gasteiger charge is -2.16. The molecule has 0 saturated heterocycles. The van der Waals surface area contributed by atoms with Gasteiger partial charge in [0.1, 0.15) is 6.10 Å². The molecule has 2 nitrogen and oxygen atoms in total. The van der Waals surface area contributed by atoms with Gasteiger partial charge in [0.2, 0.25) is 0 Å². The monoisotopic (exact) mass is 220 g/mol. The molecule has 0 aliphatic heterocycles. The van der Waals surface area contributed by atoms with Crippen molar-refractivity contribution in [3.8, 4) is 0 Å². The van der Waals surface area contributed by atoms with Crippen LogP contribution in [0.1, 0.15) is 49.5 Å². The van der Waals surface area contributed by atoms with Gasteiger partial charge in [-0.05, 0) is 38.3 Å². The molecule has 0 heterocycles. The quantitative estimate of drug-likeness (QED) is 0.723. The molecule has 1 rings (SSSR count). The van der Waals surface area contributed by atoms with Crippen LogP contribution in [0.15, 0.2) is 18.2 Å². The van der Waals surface area contributed by atoms with Crippen LogP contribution in [0.3, 0.4) is 0 Å². The van der Waals surface area contributed by atoms with E-state index >= 15 is 0 Å². The van der Waals surface area contributed by atoms with Gasteiger partial charge in [0.05, 0.1) is 0 Å². The molecule has 16 heavy (non-hydrogen) atoms. The first-order valence-electron chi connectivity index (χ1n) is 5.81. The topological polar surface area (TPSA) is 26.3 Å². The van der Waals surface area contributed by atoms with Crippen LogP contribution in [-0.4, -0.2) is 5.97 Å². The first kappa shape index (κ1) is 12.8. The first-order valence-corrected chi connectivity index (χ1v) is 5.81. The Morgan fingerprint density at radius 3 is 2.69 bits per heavy atom. The van der Waals surface area contributed by atoms with Crippen molar-refractivity contribution >= 4 is 5.97 Å². The maximum absolute atomic E-state index is 11.4. The number of esters is 1. The molecule has 0 radical (unpaired) electrons. The van der Waals surface area contributed by atoms with E-state index in [0.717, 1.165) is 12.0 Å². The smallest absolute Gasteiger partial charge is 0.306 e. The summed E-state index contributed by atoms with van der Waals surface area (Å²) >= 11 is 0. The third kappa shape index (κ3) is 3.37. The van der Waals surface area contributed by atoms with E-state index in [4.69, 9.17) is 4.74 Å². The van der Waals surface area contributed by atoms with Gasteiger partial charge < -0.3 is 4.74 Å². The second-order valence-corrected chi connectivity index (χ2v) is 4.24. The molecule has 1 aromatic carbocycles. The highest BCUT2D eigenvalue weighted by Gasteiger charge is 2.13. The number of ether oxygens (including phenoxy) is 1. The number of rotatable bonds is 4. The Balaban J connectivity index is 2.76. The second kappa shape index (κ2) is 5.69. The standard InChI is InChI=1S/C14H20O2/c1-5-6-14(15)16-12(4)13-9-10(2)7-8-11(13)3/h7-9,12H,5-6H2,1-4H3/t12-/m1/s1. The fourth-order valence-electron chi connectivity index (χ4n) is 1.72. The van der Waals surface area contributed by atoms with E-state index in [1.54, 1.807) is 0 Å². The summed E-state index contributed by atoms with van der Waals surface area (Å²) in [4.78, 5) is 11.4. The van der Waals surface area contributed by atoms with Crippen LogP contribution in [0, 0.1) is 13.8 Å². The summed E-state index contributed by atoms with van der Waals surface area (Å²) in [5, 5.41) is 0. The highest BCUT2D eigenvalue weighted by atomic mass is 16.5. The average molecular weight is 220 g/mol. The Kier molecular flexibility index (Phi) is 4.53. The van der Waals surface area contributed by atoms with Crippen LogP contribution in [0.4, 0.5) is 0 Å². The van der Waals surface area contributed by atoms with E-state index in [0.29, 0.717) is 6.42 Å². The summed E-state index contributed by atoms with van der Waals surface area (Å²) in [6.07, 6.45) is 1.17. The molecule has 0 bridgehead atoms. The predicted molar refractivity (Wildman–Crippen MR) is 65.3 cm³/mol. The van der Waals surface area contributed by atoms with Crippen LogP contribution < -0.4 is 0 Å². The van der Waals surface area contributed by atoms with Crippen molar-refractivity contribution in [2.75, 3.05) is 0 Å². The summed E-state index contributed by atoms with van der Waals surface area (Å²) in [7, 11) is 0. The molecule has 0 aliphatic carbocycles. The number of aryl methyl sites for hydroxylation is 2. The molecule has 0 spiro atoms. The minimum Gasteiger partial charge on any atom is -0.458 e. The zero-order valence-electron chi connectivity index (χ0n) is 10.5. The van der Waals surface area contributed by atoms with Crippen LogP contribution in [-0.2, 0) is 9.53 Å². The van der Waals surface area contributed by atoms with E-state index < -0.39 is 0 Å². The molecule has 0 aromatic heterocycles. The van der Waals surface area contributed by atoms with Gasteiger partial charge in [-0.2, -0.15) is 0 Å². The Labute approximate surface area is 97.6 Å². The van der Waals surface area contributed by atoms with Gasteiger partial charge in [0.25, 0.3) is 0 Å². The minimum absolute atomic E-state index is 0.115. The Morgan fingerprint density at radius 1 is 1.38 bits per heavy atom. The van der Waals surface area contributed by atoms with E-state index in [9.17, 15) is 4.79 Å². The van der Waals surface area contributed by atoms with Crippen LogP contribution in [0.5, 0.6) is 0 Å². The van der Waals surface area contributed by atoms with Gasteiger partial charge in [-0.15, -0.1) is 0 Å². The molecule has 0 fully saturated rings. The largest absolute Gasteiger partial charge is 0.458 e. The highest BCUT2D eigenvalue weighted by Crippen LogP contribution is 2.22. The van der Waals surface area contributed by atoms with Gasteiger partial charge in [0, 0.05) is 6.42 Å². The first-order chi connectivity index (χ1) is 7.54. The van der Waals surface area contributed by atoms with E-state index in [1.807, 2.05) is 27.7 Å². The van der Waals surface area contributed by atoms with Crippen molar-refractivity contribution in [2.45, 2.75) is 46.6 Å². The normalized spacial score (nSPS) is 12.2. The van der Waals surface area contributed by atoms with Crippen LogP contribution in [0.2, 0.25) is 0 Å². The van der Waals surface area contributed by atoms with Gasteiger partial charge in [-0.25, -0.2) is 0 Å². The zero-order valence-corrected chi connectivity index (χ0v) is 10.5. The Hall–Kier alpha value is -1.31. The average Bonchev–Trinajstić information content (AvgIpc) is 2.21. The molecular formula is C14H20O2. The molecule has 0 unspecified atom stereocenters. The molecule has 88 valence electrons. The molecule has 0 saturated carbocycles. The number of carbonyl (C=O) groups is 1. The maximum Gasteiger partial charge on any atom is 0.306 e. The summed E-state index contributed by atoms with van der Waals surface area (Å²) in [6, 6.07) is 6.22. The lowest BCUT2D eigenvalue weighted by Crippen LogP contribution is -2.09. The van der Waals surface area contributed by atoms with Gasteiger partial charge in [0.15, 0.2) is 0 Å². The van der Waals surface area contributed by atoms with Crippen LogP contribution in [0.25, 0.3) is 0 Å². The number of hydrogen-bond donors (Lipinski definition) is 0. The molecule has 1 atom stereocenters. The third-order valence-electron chi connectivity index (χ3n) is 2.64. The van der Waals surface area contributed by atoms with E-state index in [-0.39, 0.29) is 12.1 Å². The van der Waals surface area contributed by atoms with E-state index in [2.05, 4.69) is 18.2 Å². The number of hydrogen-bond acceptors (Lipinski definition) is 2. The summed E-state index contributed by atoms with van der Waals surface area (Å²) < 4.78 is 5.37. The van der Waals surface area contributed by atoms with Gasteiger partial charge in [-0.3, -0.25) is 4.79 Å². The van der Waals surface area contributed by atoms with Crippen molar-refractivity contribution in [3.63, 3.8) is 0 Å². The molecule has 2 heteroatoms. The fourth-order valence-corrected chi connectivity index (χ4v) is 1.72. The van der Waals surface area contributed by atoms with Crippen LogP contribution >= 0.6 is 0 Å². The van der Waals surface area contributed by atoms with Crippen molar-refractivity contribution in [2.24, 2.45) is 0 Å². The SMILES string of the molecule is CCCC(=O)O[C@H](C)c1cc(C)ccc1C. The fraction of sp³-hybridized carbons (Fsp3) is 0.500. The second-order valence-electron chi connectivity index (χ2n) is 4.24. The molecule has 0 aliphatic rings. The minimum atomic E-state index is -0.154. The molecule has 0 amide bonds. The molecular weight excluding hydrogens is 200 g/mol. The lowest BCUT2D eigenvalue weighted by atomic mass is 10.0. The molecule has 0 N–H and O–H groups in total. The number of carbonyl (C=O) groups excluding carboxylic acids is 1. The third-order valence-corrected chi connectivity index (χ3v) is 2.64. The predicted octanol–water partition coefficient (Wildman–Crippen LogP) is 3.71. The summed E-state index contributed by atoms with van der Waals surface area (Å²) in [5.41, 5.74) is 3.46.